The fraction of sp³-hybridized carbons (Fsp3) is 0.385. The molecule has 1 aliphatic carbocycles. The summed E-state index contributed by atoms with van der Waals surface area (Å²) in [5.74, 6) is 0.242. The molecule has 0 spiro atoms. The highest BCUT2D eigenvalue weighted by atomic mass is 16.1. The lowest BCUT2D eigenvalue weighted by atomic mass is 9.77. The summed E-state index contributed by atoms with van der Waals surface area (Å²) in [5, 5.41) is 0. The lowest BCUT2D eigenvalue weighted by Crippen LogP contribution is -2.56. The summed E-state index contributed by atoms with van der Waals surface area (Å²) in [6.45, 7) is 0. The molecule has 0 fully saturated rings. The minimum atomic E-state index is -1.19. The number of rotatable bonds is 5. The van der Waals surface area contributed by atoms with E-state index in [9.17, 15) is 4.79 Å². The second kappa shape index (κ2) is 5.27. The van der Waals surface area contributed by atoms with Crippen molar-refractivity contribution in [3.8, 4) is 0 Å². The Balaban J connectivity index is 1.99. The van der Waals surface area contributed by atoms with Crippen molar-refractivity contribution in [1.82, 2.24) is 9.97 Å². The van der Waals surface area contributed by atoms with Crippen LogP contribution in [-0.2, 0) is 11.2 Å². The number of imidazole rings is 1. The number of aryl methyl sites for hydroxylation is 1. The number of nitrogens with one attached hydrogen (secondary N) is 1. The van der Waals surface area contributed by atoms with Gasteiger partial charge in [-0.3, -0.25) is 4.79 Å². The molecule has 0 bridgehead atoms. The quantitative estimate of drug-likeness (QED) is 0.593. The lowest BCUT2D eigenvalue weighted by molar-refractivity contribution is -0.122. The molecule has 19 heavy (non-hydrogen) atoms. The van der Waals surface area contributed by atoms with Crippen LogP contribution in [0.4, 0.5) is 0 Å². The lowest BCUT2D eigenvalue weighted by Gasteiger charge is -2.32. The minimum Gasteiger partial charge on any atom is -0.399 e. The summed E-state index contributed by atoms with van der Waals surface area (Å²) in [7, 11) is 0. The van der Waals surface area contributed by atoms with Crippen LogP contribution in [0, 0.1) is 5.92 Å². The molecular weight excluding hydrogens is 242 g/mol. The normalized spacial score (nSPS) is 26.2. The first kappa shape index (κ1) is 13.4. The topological polar surface area (TPSA) is 124 Å². The van der Waals surface area contributed by atoms with Crippen LogP contribution in [0.1, 0.15) is 18.7 Å². The summed E-state index contributed by atoms with van der Waals surface area (Å²) in [6, 6.07) is 0. The first-order valence-electron chi connectivity index (χ1n) is 6.26. The molecule has 0 aliphatic heterocycles. The number of primary amides is 1. The molecule has 2 atom stereocenters. The van der Waals surface area contributed by atoms with Gasteiger partial charge in [0.15, 0.2) is 0 Å². The number of carbonyl (C=O) groups is 1. The molecule has 0 saturated carbocycles. The second-order valence-corrected chi connectivity index (χ2v) is 4.84. The van der Waals surface area contributed by atoms with E-state index >= 15 is 0 Å². The van der Waals surface area contributed by atoms with E-state index in [4.69, 9.17) is 17.2 Å². The predicted octanol–water partition coefficient (Wildman–Crippen LogP) is -0.0562. The molecule has 1 amide bonds. The maximum Gasteiger partial charge on any atom is 0.242 e. The maximum absolute atomic E-state index is 11.6. The van der Waals surface area contributed by atoms with Gasteiger partial charge >= 0.3 is 0 Å². The van der Waals surface area contributed by atoms with Gasteiger partial charge in [-0.2, -0.15) is 0 Å². The smallest absolute Gasteiger partial charge is 0.242 e. The zero-order chi connectivity index (χ0) is 13.9. The van der Waals surface area contributed by atoms with Crippen LogP contribution in [0.3, 0.4) is 0 Å². The number of aromatic amines is 1. The summed E-state index contributed by atoms with van der Waals surface area (Å²) in [4.78, 5) is 18.8. The number of hydrogen-bond acceptors (Lipinski definition) is 4. The first-order valence-corrected chi connectivity index (χ1v) is 6.26. The number of H-pyrrole nitrogens is 1. The van der Waals surface area contributed by atoms with Crippen molar-refractivity contribution in [2.75, 3.05) is 0 Å². The van der Waals surface area contributed by atoms with Crippen molar-refractivity contribution in [2.45, 2.75) is 24.8 Å². The highest BCUT2D eigenvalue weighted by Crippen LogP contribution is 2.28. The van der Waals surface area contributed by atoms with Gasteiger partial charge in [0.2, 0.25) is 5.91 Å². The van der Waals surface area contributed by atoms with Crippen LogP contribution in [-0.4, -0.2) is 21.4 Å². The van der Waals surface area contributed by atoms with Crippen molar-refractivity contribution in [1.29, 1.82) is 0 Å². The number of allylic oxidation sites excluding steroid dienone is 1. The van der Waals surface area contributed by atoms with Gasteiger partial charge in [0, 0.05) is 30.4 Å². The van der Waals surface area contributed by atoms with E-state index in [1.807, 2.05) is 6.08 Å². The van der Waals surface area contributed by atoms with Crippen LogP contribution < -0.4 is 17.2 Å². The highest BCUT2D eigenvalue weighted by molar-refractivity contribution is 5.88. The van der Waals surface area contributed by atoms with E-state index in [2.05, 4.69) is 9.97 Å². The van der Waals surface area contributed by atoms with Crippen LogP contribution >= 0.6 is 0 Å². The van der Waals surface area contributed by atoms with Crippen molar-refractivity contribution < 1.29 is 4.79 Å². The Labute approximate surface area is 111 Å². The molecule has 1 aromatic heterocycles. The zero-order valence-electron chi connectivity index (χ0n) is 10.7. The molecule has 0 aromatic carbocycles. The SMILES string of the molecule is NC(=O)C1(N)C=C(N)C=CC1CCCc1ncc[nH]1. The molecule has 1 heterocycles. The Kier molecular flexibility index (Phi) is 3.71. The van der Waals surface area contributed by atoms with Gasteiger partial charge in [0.25, 0.3) is 0 Å². The number of aromatic nitrogens is 2. The average Bonchev–Trinajstić information content (AvgIpc) is 2.85. The number of nitrogens with zero attached hydrogens (tertiary/aromatic N) is 1. The summed E-state index contributed by atoms with van der Waals surface area (Å²) >= 11 is 0. The predicted molar refractivity (Wildman–Crippen MR) is 72.5 cm³/mol. The molecule has 0 saturated heterocycles. The van der Waals surface area contributed by atoms with Crippen molar-refractivity contribution >= 4 is 5.91 Å². The molecule has 1 aliphatic rings. The molecule has 2 rings (SSSR count). The monoisotopic (exact) mass is 261 g/mol. The average molecular weight is 261 g/mol. The maximum atomic E-state index is 11.6. The third kappa shape index (κ3) is 2.85. The van der Waals surface area contributed by atoms with E-state index < -0.39 is 11.4 Å². The van der Waals surface area contributed by atoms with Crippen molar-refractivity contribution in [3.63, 3.8) is 0 Å². The van der Waals surface area contributed by atoms with Gasteiger partial charge < -0.3 is 22.2 Å². The Bertz CT molecular complexity index is 505. The molecule has 102 valence electrons. The van der Waals surface area contributed by atoms with Gasteiger partial charge in [0.05, 0.1) is 0 Å². The third-order valence-corrected chi connectivity index (χ3v) is 3.45. The van der Waals surface area contributed by atoms with Gasteiger partial charge in [-0.05, 0) is 25.0 Å². The van der Waals surface area contributed by atoms with Crippen LogP contribution in [0.5, 0.6) is 0 Å². The fourth-order valence-corrected chi connectivity index (χ4v) is 2.33. The van der Waals surface area contributed by atoms with E-state index in [-0.39, 0.29) is 5.92 Å². The van der Waals surface area contributed by atoms with Crippen molar-refractivity contribution in [2.24, 2.45) is 23.1 Å². The van der Waals surface area contributed by atoms with Gasteiger partial charge in [0.1, 0.15) is 11.4 Å². The first-order chi connectivity index (χ1) is 9.02. The number of hydrogen-bond donors (Lipinski definition) is 4. The molecule has 1 aromatic rings. The van der Waals surface area contributed by atoms with E-state index in [1.54, 1.807) is 24.5 Å². The molecular formula is C13H19N5O. The van der Waals surface area contributed by atoms with Crippen molar-refractivity contribution in [3.05, 3.63) is 42.1 Å². The highest BCUT2D eigenvalue weighted by Gasteiger charge is 2.38. The van der Waals surface area contributed by atoms with Crippen LogP contribution in [0.15, 0.2) is 36.3 Å². The molecule has 7 N–H and O–H groups in total. The largest absolute Gasteiger partial charge is 0.399 e. The van der Waals surface area contributed by atoms with Crippen LogP contribution in [0.2, 0.25) is 0 Å². The van der Waals surface area contributed by atoms with Gasteiger partial charge in [-0.15, -0.1) is 0 Å². The Morgan fingerprint density at radius 2 is 2.32 bits per heavy atom. The zero-order valence-corrected chi connectivity index (χ0v) is 10.7. The van der Waals surface area contributed by atoms with E-state index in [0.29, 0.717) is 5.70 Å². The molecule has 6 heteroatoms. The fourth-order valence-electron chi connectivity index (χ4n) is 2.33. The Morgan fingerprint density at radius 1 is 1.53 bits per heavy atom. The van der Waals surface area contributed by atoms with E-state index in [0.717, 1.165) is 25.1 Å². The summed E-state index contributed by atoms with van der Waals surface area (Å²) in [5.41, 5.74) is 16.5. The minimum absolute atomic E-state index is 0.132. The molecule has 2 unspecified atom stereocenters. The Hall–Kier alpha value is -2.08. The summed E-state index contributed by atoms with van der Waals surface area (Å²) < 4.78 is 0. The number of carbonyl (C=O) groups excluding carboxylic acids is 1. The van der Waals surface area contributed by atoms with E-state index in [1.165, 1.54) is 0 Å². The summed E-state index contributed by atoms with van der Waals surface area (Å²) in [6.07, 6.45) is 11.1. The molecule has 0 radical (unpaired) electrons. The van der Waals surface area contributed by atoms with Gasteiger partial charge in [-0.1, -0.05) is 6.08 Å². The standard InChI is InChI=1S/C13H19N5O/c14-10-5-4-9(13(16,8-10)12(15)19)2-1-3-11-17-6-7-18-11/h4-9H,1-3,14,16H2,(H2,15,19)(H,17,18). The molecule has 6 nitrogen and oxygen atoms in total. The van der Waals surface area contributed by atoms with Gasteiger partial charge in [-0.25, -0.2) is 4.98 Å². The number of amides is 1. The second-order valence-electron chi connectivity index (χ2n) is 4.84. The third-order valence-electron chi connectivity index (χ3n) is 3.45. The van der Waals surface area contributed by atoms with Crippen LogP contribution in [0.25, 0.3) is 0 Å². The number of nitrogens with two attached hydrogens (primary N) is 3. The Morgan fingerprint density at radius 3 is 2.95 bits per heavy atom.